The Bertz CT molecular complexity index is 2290. The quantitative estimate of drug-likeness (QED) is 0.201. The number of benzene rings is 4. The van der Waals surface area contributed by atoms with Gasteiger partial charge in [0.25, 0.3) is 15.9 Å². The molecule has 1 aromatic heterocycles. The van der Waals surface area contributed by atoms with E-state index in [0.717, 1.165) is 28.4 Å². The van der Waals surface area contributed by atoms with E-state index in [1.807, 2.05) is 24.3 Å². The minimum absolute atomic E-state index is 0.000106. The summed E-state index contributed by atoms with van der Waals surface area (Å²) in [4.78, 5) is 27.4. The molecule has 16 heteroatoms. The van der Waals surface area contributed by atoms with Crippen molar-refractivity contribution in [2.75, 3.05) is 39.5 Å². The molecule has 5 aromatic rings. The average Bonchev–Trinajstić information content (AvgIpc) is 3.90. The van der Waals surface area contributed by atoms with Gasteiger partial charge >= 0.3 is 5.97 Å². The molecule has 14 nitrogen and oxygen atoms in total. The summed E-state index contributed by atoms with van der Waals surface area (Å²) in [5.74, 6) is -0.188. The van der Waals surface area contributed by atoms with E-state index in [1.54, 1.807) is 12.1 Å². The van der Waals surface area contributed by atoms with Gasteiger partial charge in [0, 0.05) is 23.1 Å². The molecular formula is C35H30N4O10S2. The fourth-order valence-corrected chi connectivity index (χ4v) is 8.98. The number of rotatable bonds is 9. The van der Waals surface area contributed by atoms with E-state index in [0.29, 0.717) is 34.3 Å². The van der Waals surface area contributed by atoms with Crippen molar-refractivity contribution in [1.82, 2.24) is 14.1 Å². The maximum atomic E-state index is 13.9. The highest BCUT2D eigenvalue weighted by Gasteiger charge is 2.53. The molecule has 1 amide bonds. The maximum Gasteiger partial charge on any atom is 0.310 e. The number of ether oxygens (including phenoxy) is 6. The fraction of sp³-hybridized carbons (Fsp3) is 0.257. The molecule has 1 saturated heterocycles. The summed E-state index contributed by atoms with van der Waals surface area (Å²) in [6, 6.07) is 17.4. The maximum absolute atomic E-state index is 13.9. The highest BCUT2D eigenvalue weighted by Crippen LogP contribution is 2.55. The Kier molecular flexibility index (Phi) is 8.06. The molecule has 4 atom stereocenters. The molecular weight excluding hydrogens is 701 g/mol. The van der Waals surface area contributed by atoms with Gasteiger partial charge in [-0.2, -0.15) is 8.75 Å². The predicted molar refractivity (Wildman–Crippen MR) is 183 cm³/mol. The minimum atomic E-state index is -4.00. The molecule has 0 radical (unpaired) electrons. The smallest absolute Gasteiger partial charge is 0.310 e. The molecule has 1 aliphatic carbocycles. The van der Waals surface area contributed by atoms with Crippen LogP contribution < -0.4 is 33.7 Å². The fourth-order valence-electron chi connectivity index (χ4n) is 7.15. The van der Waals surface area contributed by atoms with Crippen LogP contribution in [0.5, 0.6) is 28.7 Å². The summed E-state index contributed by atoms with van der Waals surface area (Å²) in [5, 5.41) is 3.13. The number of aromatic nitrogens is 2. The number of methoxy groups -OCH3 is 3. The summed E-state index contributed by atoms with van der Waals surface area (Å²) in [5.41, 5.74) is 3.50. The van der Waals surface area contributed by atoms with Crippen LogP contribution in [0, 0.1) is 11.8 Å². The first-order chi connectivity index (χ1) is 24.7. The van der Waals surface area contributed by atoms with Gasteiger partial charge in [-0.05, 0) is 77.4 Å². The lowest BCUT2D eigenvalue weighted by atomic mass is 9.65. The number of hydrogen-bond acceptors (Lipinski definition) is 13. The molecule has 2 aliphatic heterocycles. The van der Waals surface area contributed by atoms with Crippen molar-refractivity contribution in [2.45, 2.75) is 16.9 Å². The third-order valence-electron chi connectivity index (χ3n) is 9.46. The van der Waals surface area contributed by atoms with Crippen LogP contribution in [-0.2, 0) is 19.6 Å². The topological polar surface area (TPSA) is 173 Å². The van der Waals surface area contributed by atoms with Crippen LogP contribution in [0.1, 0.15) is 39.0 Å². The van der Waals surface area contributed by atoms with Crippen LogP contribution in [0.25, 0.3) is 11.0 Å². The number of esters is 1. The van der Waals surface area contributed by atoms with Crippen LogP contribution in [0.15, 0.2) is 71.6 Å². The van der Waals surface area contributed by atoms with Gasteiger partial charge in [0.2, 0.25) is 12.5 Å². The summed E-state index contributed by atoms with van der Waals surface area (Å²) in [7, 11) is 0.563. The van der Waals surface area contributed by atoms with Gasteiger partial charge in [-0.3, -0.25) is 14.3 Å². The average molecular weight is 731 g/mol. The summed E-state index contributed by atoms with van der Waals surface area (Å²) >= 11 is 0.928. The molecule has 0 bridgehead atoms. The van der Waals surface area contributed by atoms with Crippen LogP contribution in [0.2, 0.25) is 0 Å². The monoisotopic (exact) mass is 730 g/mol. The Morgan fingerprint density at radius 2 is 1.59 bits per heavy atom. The molecule has 1 fully saturated rings. The highest BCUT2D eigenvalue weighted by molar-refractivity contribution is 7.93. The summed E-state index contributed by atoms with van der Waals surface area (Å²) in [6.45, 7) is 0.107. The van der Waals surface area contributed by atoms with Gasteiger partial charge < -0.3 is 33.7 Å². The Morgan fingerprint density at radius 3 is 2.27 bits per heavy atom. The van der Waals surface area contributed by atoms with Crippen molar-refractivity contribution < 1.29 is 46.4 Å². The van der Waals surface area contributed by atoms with E-state index >= 15 is 0 Å². The third-order valence-corrected chi connectivity index (χ3v) is 11.4. The first-order valence-corrected chi connectivity index (χ1v) is 18.0. The Labute approximate surface area is 296 Å². The number of anilines is 1. The van der Waals surface area contributed by atoms with Crippen molar-refractivity contribution in [3.8, 4) is 28.7 Å². The largest absolute Gasteiger partial charge is 0.493 e. The second-order valence-corrected chi connectivity index (χ2v) is 14.3. The summed E-state index contributed by atoms with van der Waals surface area (Å²) < 4.78 is 71.2. The molecule has 0 spiro atoms. The standard InChI is InChI=1S/C35H30N4O10S2/c1-44-26-11-18(12-27(45-2)33(26)46-3)29-20-13-24-25(49-16-48-24)14-21(20)31(22-15-47-35(41)30(22)29)36-34(40)17-7-9-19(10-8-17)39-51(42,43)28-6-4-5-23-32(28)38-50-37-23/h4-14,22,29-31,39H,15-16H2,1-3H3,(H,36,40)/t22-,29+,30-,31+/m0/s1. The van der Waals surface area contributed by atoms with E-state index < -0.39 is 45.7 Å². The predicted octanol–water partition coefficient (Wildman–Crippen LogP) is 4.65. The van der Waals surface area contributed by atoms with Gasteiger partial charge in [-0.1, -0.05) is 6.07 Å². The van der Waals surface area contributed by atoms with Crippen molar-refractivity contribution in [3.05, 3.63) is 89.0 Å². The van der Waals surface area contributed by atoms with Gasteiger partial charge in [-0.15, -0.1) is 0 Å². The van der Waals surface area contributed by atoms with Gasteiger partial charge in [-0.25, -0.2) is 8.42 Å². The molecule has 0 saturated carbocycles. The molecule has 3 heterocycles. The number of nitrogens with zero attached hydrogens (tertiary/aromatic N) is 2. The van der Waals surface area contributed by atoms with E-state index in [2.05, 4.69) is 18.8 Å². The number of fused-ring (bicyclic) bond motifs is 4. The van der Waals surface area contributed by atoms with Crippen molar-refractivity contribution >= 4 is 50.3 Å². The third kappa shape index (κ3) is 5.50. The highest BCUT2D eigenvalue weighted by atomic mass is 32.2. The Balaban J connectivity index is 1.12. The lowest BCUT2D eigenvalue weighted by Crippen LogP contribution is -2.42. The second-order valence-electron chi connectivity index (χ2n) is 12.1. The Hall–Kier alpha value is -5.61. The van der Waals surface area contributed by atoms with Gasteiger partial charge in [0.05, 0.1) is 51.6 Å². The molecule has 0 unspecified atom stereocenters. The molecule has 2 N–H and O–H groups in total. The molecule has 8 rings (SSSR count). The normalized spacial score (nSPS) is 20.3. The molecule has 4 aromatic carbocycles. The number of carbonyl (C=O) groups excluding carboxylic acids is 2. The van der Waals surface area contributed by atoms with Gasteiger partial charge in [0.15, 0.2) is 23.0 Å². The zero-order chi connectivity index (χ0) is 35.4. The van der Waals surface area contributed by atoms with Crippen LogP contribution in [0.3, 0.4) is 0 Å². The van der Waals surface area contributed by atoms with E-state index in [1.165, 1.54) is 51.7 Å². The van der Waals surface area contributed by atoms with Crippen LogP contribution in [0.4, 0.5) is 5.69 Å². The zero-order valence-electron chi connectivity index (χ0n) is 27.4. The number of sulfonamides is 1. The number of amides is 1. The number of hydrogen-bond donors (Lipinski definition) is 2. The first kappa shape index (κ1) is 32.6. The lowest BCUT2D eigenvalue weighted by molar-refractivity contribution is -0.141. The van der Waals surface area contributed by atoms with Crippen molar-refractivity contribution in [1.29, 1.82) is 0 Å². The lowest BCUT2D eigenvalue weighted by Gasteiger charge is -2.39. The molecule has 3 aliphatic rings. The number of cyclic esters (lactones) is 1. The van der Waals surface area contributed by atoms with E-state index in [4.69, 9.17) is 28.4 Å². The molecule has 51 heavy (non-hydrogen) atoms. The zero-order valence-corrected chi connectivity index (χ0v) is 29.0. The van der Waals surface area contributed by atoms with Crippen LogP contribution >= 0.6 is 11.7 Å². The first-order valence-electron chi connectivity index (χ1n) is 15.8. The van der Waals surface area contributed by atoms with E-state index in [9.17, 15) is 18.0 Å². The molecule has 262 valence electrons. The number of nitrogens with one attached hydrogen (secondary N) is 2. The minimum Gasteiger partial charge on any atom is -0.493 e. The summed E-state index contributed by atoms with van der Waals surface area (Å²) in [6.07, 6.45) is 0. The van der Waals surface area contributed by atoms with Gasteiger partial charge in [0.1, 0.15) is 15.9 Å². The van der Waals surface area contributed by atoms with Crippen LogP contribution in [-0.4, -0.2) is 63.8 Å². The SMILES string of the molecule is COc1cc([C@@H]2c3cc4c(cc3[C@@H](NC(=O)c3ccc(NS(=O)(=O)c5cccc6nsnc56)cc3)[C@H]3COC(=O)[C@H]23)OCO4)cc(OC)c1OC. The van der Waals surface area contributed by atoms with Crippen molar-refractivity contribution in [3.63, 3.8) is 0 Å². The second kappa shape index (κ2) is 12.6. The Morgan fingerprint density at radius 1 is 0.882 bits per heavy atom. The van der Waals surface area contributed by atoms with E-state index in [-0.39, 0.29) is 35.1 Å². The van der Waals surface area contributed by atoms with Crippen molar-refractivity contribution in [2.24, 2.45) is 11.8 Å². The number of carbonyl (C=O) groups is 2.